The number of rotatable bonds is 26. The van der Waals surface area contributed by atoms with Gasteiger partial charge in [-0.3, -0.25) is 14.5 Å². The van der Waals surface area contributed by atoms with Crippen molar-refractivity contribution in [3.05, 3.63) is 225 Å². The minimum absolute atomic E-state index is 0.0302. The van der Waals surface area contributed by atoms with Gasteiger partial charge in [-0.1, -0.05) is 169 Å². The van der Waals surface area contributed by atoms with Crippen molar-refractivity contribution in [1.82, 2.24) is 4.90 Å². The lowest BCUT2D eigenvalue weighted by molar-refractivity contribution is -0.396. The first-order valence-electron chi connectivity index (χ1n) is 28.9. The molecule has 5 aliphatic heterocycles. The zero-order chi connectivity index (χ0) is 59.2. The van der Waals surface area contributed by atoms with Crippen LogP contribution in [0.15, 0.2) is 181 Å². The largest absolute Gasteiger partial charge is 0.387 e. The standard InChI is InChI=1S/C65H70N4O17/c1-41-54(77-36-43-21-9-3-10-22-43)58(78-37-44-23-11-4-12-24-44)59(79-38-45-25-13-5-14-26-45)65(81-41)86-57-51(69-60(72)47-29-17-18-30-48(47)61(69)73)63(76-34-33-74-32-31-67-68-66)82-49(39-75-35-42-19-7-2-8-20-42)56(57)85-64-53(71)52(70)55-50(83-64)40-80-62(84-55)46-27-15-6-16-28-46/h2-30,41,49-59,62-65,70-71H,31-40H2,1H3/t41-,49+,50+,51+,52+,53+,54+,55-,56+,57+,58+,59-,62?,63+,64-,65-/m0/s1. The predicted molar refractivity (Wildman–Crippen MR) is 306 cm³/mol. The number of imide groups is 1. The molecule has 11 rings (SSSR count). The second kappa shape index (κ2) is 29.7. The first kappa shape index (κ1) is 60.8. The molecule has 0 aromatic heterocycles. The van der Waals surface area contributed by atoms with Gasteiger partial charge in [0, 0.05) is 17.0 Å². The Kier molecular flexibility index (Phi) is 21.0. The number of amides is 2. The maximum absolute atomic E-state index is 15.1. The summed E-state index contributed by atoms with van der Waals surface area (Å²) >= 11 is 0. The van der Waals surface area contributed by atoms with E-state index >= 15 is 9.59 Å². The maximum Gasteiger partial charge on any atom is 0.262 e. The molecule has 0 aliphatic carbocycles. The normalized spacial score (nSPS) is 29.9. The molecule has 0 spiro atoms. The zero-order valence-corrected chi connectivity index (χ0v) is 47.4. The minimum atomic E-state index is -1.77. The van der Waals surface area contributed by atoms with Crippen LogP contribution in [0.4, 0.5) is 0 Å². The van der Waals surface area contributed by atoms with Crippen LogP contribution in [-0.2, 0) is 88.0 Å². The van der Waals surface area contributed by atoms with Gasteiger partial charge in [0.25, 0.3) is 11.8 Å². The topological polar surface area (TPSA) is 247 Å². The summed E-state index contributed by atoms with van der Waals surface area (Å²) in [5.74, 6) is -1.37. The van der Waals surface area contributed by atoms with Crippen LogP contribution in [0.2, 0.25) is 0 Å². The number of fused-ring (bicyclic) bond motifs is 2. The average Bonchev–Trinajstić information content (AvgIpc) is 1.54. The quantitative estimate of drug-likeness (QED) is 0.0173. The summed E-state index contributed by atoms with van der Waals surface area (Å²) in [6.45, 7) is 1.97. The third kappa shape index (κ3) is 14.6. The van der Waals surface area contributed by atoms with Crippen molar-refractivity contribution >= 4 is 11.8 Å². The third-order valence-electron chi connectivity index (χ3n) is 15.6. The van der Waals surface area contributed by atoms with Crippen LogP contribution in [0.5, 0.6) is 0 Å². The maximum atomic E-state index is 15.1. The first-order valence-corrected chi connectivity index (χ1v) is 28.9. The van der Waals surface area contributed by atoms with E-state index in [1.165, 1.54) is 0 Å². The SMILES string of the molecule is C[C@@H]1O[C@@H](O[C@H]2[C@H](O[C@@H]3O[C@@H]4COC(c5ccccc5)O[C@@H]4[C@H](O)[C@H]3O)[C@@H](COCc3ccccc3)O[C@@H](OCCOCCN=[N+]=[N-])[C@@H]2N2C(=O)c3ccccc3C2=O)[C@@H](OCc2ccccc2)[C@H](OCc2ccccc2)[C@@H]1OCc1ccccc1. The smallest absolute Gasteiger partial charge is 0.262 e. The number of ether oxygens (including phenoxy) is 13. The van der Waals surface area contributed by atoms with E-state index in [-0.39, 0.29) is 77.1 Å². The number of azide groups is 1. The molecule has 5 aliphatic rings. The van der Waals surface area contributed by atoms with Crippen LogP contribution in [0, 0.1) is 0 Å². The second-order valence-electron chi connectivity index (χ2n) is 21.4. The van der Waals surface area contributed by atoms with E-state index in [4.69, 9.17) is 67.1 Å². The average molecular weight is 1180 g/mol. The number of benzene rings is 6. The summed E-state index contributed by atoms with van der Waals surface area (Å²) in [4.78, 5) is 34.1. The Balaban J connectivity index is 1.01. The number of carbonyl (C=O) groups excluding carboxylic acids is 2. The lowest BCUT2D eigenvalue weighted by Gasteiger charge is -2.53. The van der Waals surface area contributed by atoms with Gasteiger partial charge in [-0.15, -0.1) is 0 Å². The second-order valence-corrected chi connectivity index (χ2v) is 21.4. The molecule has 2 amide bonds. The van der Waals surface area contributed by atoms with Gasteiger partial charge in [-0.2, -0.15) is 0 Å². The van der Waals surface area contributed by atoms with Gasteiger partial charge in [0.05, 0.1) is 76.7 Å². The summed E-state index contributed by atoms with van der Waals surface area (Å²) in [5, 5.41) is 27.9. The summed E-state index contributed by atoms with van der Waals surface area (Å²) < 4.78 is 87.2. The van der Waals surface area contributed by atoms with E-state index in [9.17, 15) is 10.2 Å². The van der Waals surface area contributed by atoms with Crippen molar-refractivity contribution in [1.29, 1.82) is 0 Å². The van der Waals surface area contributed by atoms with Gasteiger partial charge in [-0.05, 0) is 46.8 Å². The Morgan fingerprint density at radius 2 is 1.07 bits per heavy atom. The molecule has 16 atom stereocenters. The highest BCUT2D eigenvalue weighted by molar-refractivity contribution is 6.21. The molecule has 86 heavy (non-hydrogen) atoms. The Morgan fingerprint density at radius 3 is 1.66 bits per heavy atom. The number of carbonyl (C=O) groups is 2. The molecule has 6 aromatic rings. The van der Waals surface area contributed by atoms with Gasteiger partial charge in [0.2, 0.25) is 0 Å². The molecule has 5 heterocycles. The molecule has 6 aromatic carbocycles. The van der Waals surface area contributed by atoms with Gasteiger partial charge >= 0.3 is 0 Å². The van der Waals surface area contributed by atoms with Crippen molar-refractivity contribution in [2.24, 2.45) is 5.11 Å². The van der Waals surface area contributed by atoms with Crippen LogP contribution in [0.1, 0.15) is 61.7 Å². The molecule has 4 saturated heterocycles. The third-order valence-corrected chi connectivity index (χ3v) is 15.6. The number of aliphatic hydroxyl groups excluding tert-OH is 2. The van der Waals surface area contributed by atoms with Gasteiger partial charge in [0.1, 0.15) is 67.1 Å². The lowest BCUT2D eigenvalue weighted by Crippen LogP contribution is -2.71. The number of aliphatic hydroxyl groups is 2. The van der Waals surface area contributed by atoms with Crippen LogP contribution >= 0.6 is 0 Å². The summed E-state index contributed by atoms with van der Waals surface area (Å²) in [7, 11) is 0. The number of hydrogen-bond donors (Lipinski definition) is 2. The van der Waals surface area contributed by atoms with Crippen molar-refractivity contribution in [3.63, 3.8) is 0 Å². The molecule has 1 unspecified atom stereocenters. The van der Waals surface area contributed by atoms with E-state index in [0.717, 1.165) is 27.2 Å². The van der Waals surface area contributed by atoms with Crippen LogP contribution in [-0.4, -0.2) is 159 Å². The lowest BCUT2D eigenvalue weighted by atomic mass is 9.93. The Morgan fingerprint density at radius 1 is 0.535 bits per heavy atom. The van der Waals surface area contributed by atoms with E-state index < -0.39 is 110 Å². The Bertz CT molecular complexity index is 3100. The number of nitrogens with zero attached hydrogens (tertiary/aromatic N) is 4. The fraction of sp³-hybridized carbons (Fsp3) is 0.415. The highest BCUT2D eigenvalue weighted by Crippen LogP contribution is 2.42. The van der Waals surface area contributed by atoms with Crippen molar-refractivity contribution < 1.29 is 81.4 Å². The molecule has 0 saturated carbocycles. The molecule has 452 valence electrons. The number of hydrogen-bond acceptors (Lipinski definition) is 18. The van der Waals surface area contributed by atoms with E-state index in [1.807, 2.05) is 159 Å². The zero-order valence-electron chi connectivity index (χ0n) is 47.4. The van der Waals surface area contributed by atoms with Gasteiger partial charge < -0.3 is 71.8 Å². The molecule has 21 heteroatoms. The van der Waals surface area contributed by atoms with Gasteiger partial charge in [-0.25, -0.2) is 0 Å². The van der Waals surface area contributed by atoms with E-state index in [1.54, 1.807) is 24.3 Å². The molecule has 4 fully saturated rings. The predicted octanol–water partition coefficient (Wildman–Crippen LogP) is 7.77. The summed E-state index contributed by atoms with van der Waals surface area (Å²) in [6.07, 6.45) is -18.7. The highest BCUT2D eigenvalue weighted by Gasteiger charge is 2.60. The van der Waals surface area contributed by atoms with Crippen LogP contribution in [0.3, 0.4) is 0 Å². The van der Waals surface area contributed by atoms with Crippen LogP contribution < -0.4 is 0 Å². The molecule has 0 bridgehead atoms. The van der Waals surface area contributed by atoms with Gasteiger partial charge in [0.15, 0.2) is 25.2 Å². The fourth-order valence-corrected chi connectivity index (χ4v) is 11.3. The first-order chi connectivity index (χ1) is 42.2. The van der Waals surface area contributed by atoms with Crippen molar-refractivity contribution in [2.75, 3.05) is 39.6 Å². The van der Waals surface area contributed by atoms with E-state index in [2.05, 4.69) is 10.0 Å². The van der Waals surface area contributed by atoms with E-state index in [0.29, 0.717) is 5.56 Å². The fourth-order valence-electron chi connectivity index (χ4n) is 11.3. The Hall–Kier alpha value is -6.83. The molecular weight excluding hydrogens is 1110 g/mol. The van der Waals surface area contributed by atoms with Crippen molar-refractivity contribution in [2.45, 2.75) is 132 Å². The molecule has 21 nitrogen and oxygen atoms in total. The summed E-state index contributed by atoms with van der Waals surface area (Å²) in [6, 6.07) is 52.5. The van der Waals surface area contributed by atoms with Crippen LogP contribution in [0.25, 0.3) is 10.4 Å². The molecule has 2 N–H and O–H groups in total. The monoisotopic (exact) mass is 1180 g/mol. The summed E-state index contributed by atoms with van der Waals surface area (Å²) in [5.41, 5.74) is 13.3. The Labute approximate surface area is 498 Å². The minimum Gasteiger partial charge on any atom is -0.387 e. The highest BCUT2D eigenvalue weighted by atomic mass is 16.8. The van der Waals surface area contributed by atoms with Crippen molar-refractivity contribution in [3.8, 4) is 0 Å². The molecular formula is C65H70N4O17. The molecule has 0 radical (unpaired) electrons.